The number of hydrogen-bond acceptors (Lipinski definition) is 3. The van der Waals surface area contributed by atoms with Gasteiger partial charge < -0.3 is 4.74 Å². The van der Waals surface area contributed by atoms with Crippen molar-refractivity contribution >= 4 is 12.0 Å². The van der Waals surface area contributed by atoms with E-state index in [0.29, 0.717) is 0 Å². The highest BCUT2D eigenvalue weighted by atomic mass is 16.5. The molecule has 0 N–H and O–H groups in total. The molecule has 22 heavy (non-hydrogen) atoms. The van der Waals surface area contributed by atoms with Crippen LogP contribution < -0.4 is 0 Å². The van der Waals surface area contributed by atoms with E-state index in [4.69, 9.17) is 10.00 Å². The van der Waals surface area contributed by atoms with E-state index in [-0.39, 0.29) is 12.2 Å². The first-order valence-electron chi connectivity index (χ1n) is 6.99. The van der Waals surface area contributed by atoms with Gasteiger partial charge in [0, 0.05) is 0 Å². The number of esters is 1. The first kappa shape index (κ1) is 15.5. The Balaban J connectivity index is 2.04. The van der Waals surface area contributed by atoms with Crippen LogP contribution in [0.4, 0.5) is 0 Å². The molecule has 0 aliphatic rings. The summed E-state index contributed by atoms with van der Waals surface area (Å²) in [6.07, 6.45) is 1.54. The minimum atomic E-state index is -0.608. The molecule has 110 valence electrons. The lowest BCUT2D eigenvalue weighted by Gasteiger charge is -2.04. The Bertz CT molecular complexity index is 720. The second kappa shape index (κ2) is 7.24. The number of ether oxygens (including phenoxy) is 1. The predicted molar refractivity (Wildman–Crippen MR) is 85.7 cm³/mol. The summed E-state index contributed by atoms with van der Waals surface area (Å²) in [5.41, 5.74) is 3.96. The van der Waals surface area contributed by atoms with Crippen molar-refractivity contribution in [2.45, 2.75) is 20.5 Å². The van der Waals surface area contributed by atoms with Gasteiger partial charge in [0.25, 0.3) is 0 Å². The molecule has 0 aromatic heterocycles. The monoisotopic (exact) mass is 291 g/mol. The molecule has 0 atom stereocenters. The van der Waals surface area contributed by atoms with Gasteiger partial charge in [-0.25, -0.2) is 4.79 Å². The lowest BCUT2D eigenvalue weighted by atomic mass is 10.1. The van der Waals surface area contributed by atoms with Gasteiger partial charge in [-0.2, -0.15) is 5.26 Å². The van der Waals surface area contributed by atoms with Crippen LogP contribution in [0.1, 0.15) is 22.3 Å². The van der Waals surface area contributed by atoms with E-state index in [1.165, 1.54) is 6.08 Å². The molecule has 0 amide bonds. The molecule has 0 aliphatic heterocycles. The van der Waals surface area contributed by atoms with Gasteiger partial charge in [0.2, 0.25) is 0 Å². The number of nitriles is 1. The van der Waals surface area contributed by atoms with Crippen molar-refractivity contribution in [3.05, 3.63) is 76.4 Å². The van der Waals surface area contributed by atoms with Crippen LogP contribution in [0.25, 0.3) is 6.08 Å². The molecule has 0 fully saturated rings. The molecule has 0 spiro atoms. The van der Waals surface area contributed by atoms with Gasteiger partial charge in [0.1, 0.15) is 18.2 Å². The third-order valence-corrected chi connectivity index (χ3v) is 3.22. The van der Waals surface area contributed by atoms with Crippen LogP contribution in [0.2, 0.25) is 0 Å². The Morgan fingerprint density at radius 1 is 1.05 bits per heavy atom. The highest BCUT2D eigenvalue weighted by Crippen LogP contribution is 2.11. The lowest BCUT2D eigenvalue weighted by Crippen LogP contribution is -2.06. The normalized spacial score (nSPS) is 10.9. The summed E-state index contributed by atoms with van der Waals surface area (Å²) in [6, 6.07) is 17.2. The molecule has 2 aromatic carbocycles. The third-order valence-electron chi connectivity index (χ3n) is 3.22. The highest BCUT2D eigenvalue weighted by Gasteiger charge is 2.10. The number of nitrogens with zero attached hydrogens (tertiary/aromatic N) is 1. The van der Waals surface area contributed by atoms with Crippen molar-refractivity contribution < 1.29 is 9.53 Å². The van der Waals surface area contributed by atoms with Crippen LogP contribution in [-0.2, 0) is 16.1 Å². The van der Waals surface area contributed by atoms with Crippen LogP contribution in [0, 0.1) is 25.2 Å². The average molecular weight is 291 g/mol. The molecule has 0 radical (unpaired) electrons. The number of benzene rings is 2. The van der Waals surface area contributed by atoms with Crippen molar-refractivity contribution in [1.29, 1.82) is 5.26 Å². The summed E-state index contributed by atoms with van der Waals surface area (Å²) in [7, 11) is 0. The van der Waals surface area contributed by atoms with Crippen LogP contribution in [-0.4, -0.2) is 5.97 Å². The molecule has 2 rings (SSSR count). The fraction of sp³-hybridized carbons (Fsp3) is 0.158. The average Bonchev–Trinajstić information content (AvgIpc) is 2.53. The van der Waals surface area contributed by atoms with E-state index in [0.717, 1.165) is 22.3 Å². The first-order valence-corrected chi connectivity index (χ1v) is 6.99. The van der Waals surface area contributed by atoms with Gasteiger partial charge in [-0.15, -0.1) is 0 Å². The van der Waals surface area contributed by atoms with Crippen LogP contribution in [0.3, 0.4) is 0 Å². The topological polar surface area (TPSA) is 50.1 Å². The van der Waals surface area contributed by atoms with E-state index in [1.54, 1.807) is 0 Å². The summed E-state index contributed by atoms with van der Waals surface area (Å²) in [5, 5.41) is 9.13. The Morgan fingerprint density at radius 2 is 1.59 bits per heavy atom. The standard InChI is InChI=1S/C19H17NO2/c1-14-3-7-16(8-4-14)11-18(12-20)19(21)22-13-17-9-5-15(2)6-10-17/h3-11H,13H2,1-2H3/b18-11+. The lowest BCUT2D eigenvalue weighted by molar-refractivity contribution is -0.139. The van der Waals surface area contributed by atoms with Gasteiger partial charge in [0.05, 0.1) is 0 Å². The summed E-state index contributed by atoms with van der Waals surface area (Å²) in [6.45, 7) is 4.13. The van der Waals surface area contributed by atoms with Crippen molar-refractivity contribution in [2.24, 2.45) is 0 Å². The zero-order valence-corrected chi connectivity index (χ0v) is 12.7. The number of rotatable bonds is 4. The maximum absolute atomic E-state index is 12.0. The van der Waals surface area contributed by atoms with E-state index < -0.39 is 5.97 Å². The quantitative estimate of drug-likeness (QED) is 0.487. The smallest absolute Gasteiger partial charge is 0.349 e. The van der Waals surface area contributed by atoms with Crippen LogP contribution in [0.5, 0.6) is 0 Å². The molecule has 0 unspecified atom stereocenters. The minimum absolute atomic E-state index is 0.00374. The van der Waals surface area contributed by atoms with Crippen molar-refractivity contribution in [3.8, 4) is 6.07 Å². The minimum Gasteiger partial charge on any atom is -0.457 e. The second-order valence-electron chi connectivity index (χ2n) is 5.14. The van der Waals surface area contributed by atoms with Gasteiger partial charge in [-0.1, -0.05) is 59.7 Å². The van der Waals surface area contributed by atoms with Gasteiger partial charge in [0.15, 0.2) is 0 Å². The zero-order valence-electron chi connectivity index (χ0n) is 12.7. The Kier molecular flexibility index (Phi) is 5.11. The van der Waals surface area contributed by atoms with E-state index in [1.807, 2.05) is 68.4 Å². The fourth-order valence-electron chi connectivity index (χ4n) is 1.88. The molecular weight excluding hydrogens is 274 g/mol. The fourth-order valence-corrected chi connectivity index (χ4v) is 1.88. The van der Waals surface area contributed by atoms with E-state index in [9.17, 15) is 4.79 Å². The summed E-state index contributed by atoms with van der Waals surface area (Å²) < 4.78 is 5.19. The van der Waals surface area contributed by atoms with E-state index in [2.05, 4.69) is 0 Å². The number of carbonyl (C=O) groups is 1. The van der Waals surface area contributed by atoms with E-state index >= 15 is 0 Å². The Morgan fingerprint density at radius 3 is 2.14 bits per heavy atom. The maximum Gasteiger partial charge on any atom is 0.349 e. The summed E-state index contributed by atoms with van der Waals surface area (Å²) >= 11 is 0. The van der Waals surface area contributed by atoms with Gasteiger partial charge in [-0.3, -0.25) is 0 Å². The molecule has 0 aliphatic carbocycles. The number of hydrogen-bond donors (Lipinski definition) is 0. The van der Waals surface area contributed by atoms with Crippen LogP contribution in [0.15, 0.2) is 54.1 Å². The molecular formula is C19H17NO2. The van der Waals surface area contributed by atoms with Crippen LogP contribution >= 0.6 is 0 Å². The Hall–Kier alpha value is -2.86. The van der Waals surface area contributed by atoms with Crippen molar-refractivity contribution in [1.82, 2.24) is 0 Å². The SMILES string of the molecule is Cc1ccc(/C=C(\C#N)C(=O)OCc2ccc(C)cc2)cc1. The molecule has 0 heterocycles. The maximum atomic E-state index is 12.0. The Labute approximate surface area is 130 Å². The molecule has 0 bridgehead atoms. The summed E-state index contributed by atoms with van der Waals surface area (Å²) in [5.74, 6) is -0.608. The molecule has 0 saturated heterocycles. The van der Waals surface area contributed by atoms with Crippen molar-refractivity contribution in [3.63, 3.8) is 0 Å². The molecule has 2 aromatic rings. The zero-order chi connectivity index (χ0) is 15.9. The van der Waals surface area contributed by atoms with Gasteiger partial charge in [-0.05, 0) is 31.1 Å². The molecule has 3 heteroatoms. The molecule has 3 nitrogen and oxygen atoms in total. The second-order valence-corrected chi connectivity index (χ2v) is 5.14. The largest absolute Gasteiger partial charge is 0.457 e. The van der Waals surface area contributed by atoms with Crippen molar-refractivity contribution in [2.75, 3.05) is 0 Å². The number of aryl methyl sites for hydroxylation is 2. The first-order chi connectivity index (χ1) is 10.6. The highest BCUT2D eigenvalue weighted by molar-refractivity contribution is 5.97. The van der Waals surface area contributed by atoms with Gasteiger partial charge >= 0.3 is 5.97 Å². The third kappa shape index (κ3) is 4.32. The number of carbonyl (C=O) groups excluding carboxylic acids is 1. The predicted octanol–water partition coefficient (Wildman–Crippen LogP) is 3.95. The molecule has 0 saturated carbocycles. The summed E-state index contributed by atoms with van der Waals surface area (Å²) in [4.78, 5) is 12.0.